The third-order valence-electron chi connectivity index (χ3n) is 1.40. The summed E-state index contributed by atoms with van der Waals surface area (Å²) in [5.41, 5.74) is 0. The van der Waals surface area contributed by atoms with Gasteiger partial charge in [-0.3, -0.25) is 4.79 Å². The molecule has 1 heterocycles. The summed E-state index contributed by atoms with van der Waals surface area (Å²) in [6, 6.07) is -0.530. The quantitative estimate of drug-likeness (QED) is 0.462. The summed E-state index contributed by atoms with van der Waals surface area (Å²) < 4.78 is 4.40. The highest BCUT2D eigenvalue weighted by atomic mass is 16.5. The highest BCUT2D eigenvalue weighted by Gasteiger charge is 2.29. The van der Waals surface area contributed by atoms with Crippen LogP contribution in [-0.4, -0.2) is 25.0 Å². The van der Waals surface area contributed by atoms with Gasteiger partial charge in [0.2, 0.25) is 5.91 Å². The molecular weight excluding hydrogens is 134 g/mol. The Morgan fingerprint density at radius 1 is 1.80 bits per heavy atom. The minimum atomic E-state index is -0.530. The number of ether oxygens (including phenoxy) is 1. The number of amides is 1. The van der Waals surface area contributed by atoms with Crippen LogP contribution in [-0.2, 0) is 14.3 Å². The maximum absolute atomic E-state index is 10.7. The second-order valence-corrected chi connectivity index (χ2v) is 2.10. The van der Waals surface area contributed by atoms with Gasteiger partial charge in [-0.05, 0) is 6.42 Å². The molecule has 1 fully saturated rings. The average molecular weight is 142 g/mol. The van der Waals surface area contributed by atoms with E-state index in [0.717, 1.165) is 0 Å². The first-order chi connectivity index (χ1) is 4.74. The first kappa shape index (κ1) is 7.05. The lowest BCUT2D eigenvalue weighted by atomic mass is 10.2. The van der Waals surface area contributed by atoms with Gasteiger partial charge < -0.3 is 4.74 Å². The molecule has 0 spiro atoms. The van der Waals surface area contributed by atoms with Crippen molar-refractivity contribution in [2.45, 2.75) is 18.9 Å². The van der Waals surface area contributed by atoms with Gasteiger partial charge in [0.25, 0.3) is 0 Å². The van der Waals surface area contributed by atoms with Crippen molar-refractivity contribution in [3.8, 4) is 0 Å². The molecule has 0 aromatic carbocycles. The molecular formula is C6H8NO3. The number of hydrogen-bond acceptors (Lipinski definition) is 3. The lowest BCUT2D eigenvalue weighted by molar-refractivity contribution is -0.143. The van der Waals surface area contributed by atoms with E-state index in [9.17, 15) is 9.59 Å². The van der Waals surface area contributed by atoms with Crippen LogP contribution in [0.25, 0.3) is 0 Å². The molecule has 1 amide bonds. The number of rotatable bonds is 1. The number of nitrogens with zero attached hydrogens (tertiary/aromatic N) is 1. The smallest absolute Gasteiger partial charge is 0.330 e. The van der Waals surface area contributed by atoms with Crippen LogP contribution in [0.15, 0.2) is 0 Å². The molecule has 1 rings (SSSR count). The second-order valence-electron chi connectivity index (χ2n) is 2.10. The first-order valence-electron chi connectivity index (χ1n) is 3.05. The van der Waals surface area contributed by atoms with Crippen molar-refractivity contribution in [1.82, 2.24) is 5.32 Å². The molecule has 1 unspecified atom stereocenters. The van der Waals surface area contributed by atoms with Gasteiger partial charge in [-0.25, -0.2) is 10.1 Å². The molecule has 0 aromatic rings. The summed E-state index contributed by atoms with van der Waals surface area (Å²) in [7, 11) is 1.29. The Labute approximate surface area is 58.5 Å². The number of hydrogen-bond donors (Lipinski definition) is 0. The van der Waals surface area contributed by atoms with Crippen LogP contribution in [0.2, 0.25) is 0 Å². The molecule has 0 aliphatic carbocycles. The van der Waals surface area contributed by atoms with Crippen LogP contribution in [0.1, 0.15) is 12.8 Å². The summed E-state index contributed by atoms with van der Waals surface area (Å²) in [4.78, 5) is 21.2. The monoisotopic (exact) mass is 142 g/mol. The lowest BCUT2D eigenvalue weighted by Crippen LogP contribution is -2.28. The van der Waals surface area contributed by atoms with E-state index in [1.165, 1.54) is 7.11 Å². The van der Waals surface area contributed by atoms with Crippen molar-refractivity contribution in [2.75, 3.05) is 7.11 Å². The molecule has 0 N–H and O–H groups in total. The molecule has 0 aromatic heterocycles. The molecule has 1 radical (unpaired) electrons. The SMILES string of the molecule is COC(=O)C1CCC(=O)[N]1. The maximum Gasteiger partial charge on any atom is 0.330 e. The van der Waals surface area contributed by atoms with Gasteiger partial charge in [-0.1, -0.05) is 0 Å². The molecule has 1 saturated heterocycles. The first-order valence-corrected chi connectivity index (χ1v) is 3.05. The normalized spacial score (nSPS) is 24.1. The zero-order valence-electron chi connectivity index (χ0n) is 5.66. The van der Waals surface area contributed by atoms with E-state index in [4.69, 9.17) is 0 Å². The van der Waals surface area contributed by atoms with Crippen LogP contribution in [0.4, 0.5) is 0 Å². The highest BCUT2D eigenvalue weighted by molar-refractivity contribution is 5.87. The Hall–Kier alpha value is -1.06. The Balaban J connectivity index is 2.44. The molecule has 0 bridgehead atoms. The molecule has 4 nitrogen and oxygen atoms in total. The van der Waals surface area contributed by atoms with Gasteiger partial charge in [0.05, 0.1) is 7.11 Å². The Kier molecular flexibility index (Phi) is 1.89. The van der Waals surface area contributed by atoms with Crippen LogP contribution >= 0.6 is 0 Å². The van der Waals surface area contributed by atoms with Crippen molar-refractivity contribution in [3.63, 3.8) is 0 Å². The molecule has 4 heteroatoms. The minimum Gasteiger partial charge on any atom is -0.467 e. The summed E-state index contributed by atoms with van der Waals surface area (Å²) >= 11 is 0. The predicted molar refractivity (Wildman–Crippen MR) is 32.2 cm³/mol. The van der Waals surface area contributed by atoms with Gasteiger partial charge in [0, 0.05) is 6.42 Å². The average Bonchev–Trinajstić information content (AvgIpc) is 2.34. The van der Waals surface area contributed by atoms with Crippen LogP contribution in [0.3, 0.4) is 0 Å². The van der Waals surface area contributed by atoms with Crippen molar-refractivity contribution in [3.05, 3.63) is 0 Å². The van der Waals surface area contributed by atoms with E-state index in [-0.39, 0.29) is 5.91 Å². The molecule has 1 atom stereocenters. The van der Waals surface area contributed by atoms with Crippen LogP contribution in [0.5, 0.6) is 0 Å². The molecule has 10 heavy (non-hydrogen) atoms. The van der Waals surface area contributed by atoms with Crippen LogP contribution < -0.4 is 5.32 Å². The van der Waals surface area contributed by atoms with Gasteiger partial charge in [0.1, 0.15) is 0 Å². The van der Waals surface area contributed by atoms with Gasteiger partial charge in [-0.15, -0.1) is 0 Å². The van der Waals surface area contributed by atoms with Gasteiger partial charge in [-0.2, -0.15) is 0 Å². The third-order valence-corrected chi connectivity index (χ3v) is 1.40. The van der Waals surface area contributed by atoms with E-state index >= 15 is 0 Å². The number of carbonyl (C=O) groups excluding carboxylic acids is 2. The Bertz CT molecular complexity index is 166. The third kappa shape index (κ3) is 1.26. The Morgan fingerprint density at radius 2 is 2.50 bits per heavy atom. The number of methoxy groups -OCH3 is 1. The van der Waals surface area contributed by atoms with E-state index in [0.29, 0.717) is 12.8 Å². The van der Waals surface area contributed by atoms with E-state index in [2.05, 4.69) is 10.1 Å². The van der Waals surface area contributed by atoms with Crippen molar-refractivity contribution in [1.29, 1.82) is 0 Å². The zero-order chi connectivity index (χ0) is 7.56. The van der Waals surface area contributed by atoms with Gasteiger partial charge >= 0.3 is 5.97 Å². The van der Waals surface area contributed by atoms with E-state index in [1.807, 2.05) is 0 Å². The summed E-state index contributed by atoms with van der Waals surface area (Å²) in [5, 5.41) is 3.55. The van der Waals surface area contributed by atoms with Crippen LogP contribution in [0, 0.1) is 0 Å². The highest BCUT2D eigenvalue weighted by Crippen LogP contribution is 2.09. The van der Waals surface area contributed by atoms with Crippen molar-refractivity contribution in [2.24, 2.45) is 0 Å². The van der Waals surface area contributed by atoms with Gasteiger partial charge in [0.15, 0.2) is 6.04 Å². The van der Waals surface area contributed by atoms with E-state index in [1.54, 1.807) is 0 Å². The van der Waals surface area contributed by atoms with E-state index < -0.39 is 12.0 Å². The largest absolute Gasteiger partial charge is 0.467 e. The fraction of sp³-hybridized carbons (Fsp3) is 0.667. The minimum absolute atomic E-state index is 0.199. The fourth-order valence-electron chi connectivity index (χ4n) is 0.870. The summed E-state index contributed by atoms with van der Waals surface area (Å²) in [5.74, 6) is -0.610. The zero-order valence-corrected chi connectivity index (χ0v) is 5.66. The fourth-order valence-corrected chi connectivity index (χ4v) is 0.870. The topological polar surface area (TPSA) is 57.5 Å². The molecule has 1 aliphatic heterocycles. The second kappa shape index (κ2) is 2.68. The van der Waals surface area contributed by atoms with Crippen molar-refractivity contribution < 1.29 is 14.3 Å². The molecule has 55 valence electrons. The number of esters is 1. The standard InChI is InChI=1S/C6H8NO3/c1-10-6(9)4-2-3-5(8)7-4/h4H,2-3H2,1H3. The summed E-state index contributed by atoms with van der Waals surface area (Å²) in [6.45, 7) is 0. The maximum atomic E-state index is 10.7. The summed E-state index contributed by atoms with van der Waals surface area (Å²) in [6.07, 6.45) is 0.880. The predicted octanol–water partition coefficient (Wildman–Crippen LogP) is -0.547. The van der Waals surface area contributed by atoms with Crippen molar-refractivity contribution >= 4 is 11.9 Å². The molecule has 1 aliphatic rings. The Morgan fingerprint density at radius 3 is 2.90 bits per heavy atom. The lowest BCUT2D eigenvalue weighted by Gasteiger charge is -2.02. The number of carbonyl (C=O) groups is 2. The molecule has 0 saturated carbocycles.